The lowest BCUT2D eigenvalue weighted by molar-refractivity contribution is 0.768. The van der Waals surface area contributed by atoms with Crippen molar-refractivity contribution in [3.05, 3.63) is 179 Å². The SMILES string of the molecule is CN(C)c1ccc(C=Nc2ccc(C3(c4ccc(N=Cc5ccc(N(C)C)cc5)cc4)c4ccccc4-c4ccccc43)cc2)cc1. The van der Waals surface area contributed by atoms with Crippen LogP contribution in [0, 0.1) is 0 Å². The maximum atomic E-state index is 4.82. The average Bonchev–Trinajstić information content (AvgIpc) is 3.42. The molecule has 0 spiro atoms. The highest BCUT2D eigenvalue weighted by molar-refractivity contribution is 5.87. The molecule has 1 aliphatic carbocycles. The fraction of sp³-hybridized carbons (Fsp3) is 0.116. The number of nitrogens with zero attached hydrogens (tertiary/aromatic N) is 4. The van der Waals surface area contributed by atoms with Gasteiger partial charge in [-0.15, -0.1) is 0 Å². The minimum Gasteiger partial charge on any atom is -0.378 e. The van der Waals surface area contributed by atoms with Crippen LogP contribution >= 0.6 is 0 Å². The molecule has 0 bridgehead atoms. The van der Waals surface area contributed by atoms with Gasteiger partial charge in [0.15, 0.2) is 0 Å². The van der Waals surface area contributed by atoms with Crippen LogP contribution in [0.3, 0.4) is 0 Å². The lowest BCUT2D eigenvalue weighted by Gasteiger charge is -2.34. The Labute approximate surface area is 278 Å². The van der Waals surface area contributed by atoms with Gasteiger partial charge in [0, 0.05) is 52.0 Å². The summed E-state index contributed by atoms with van der Waals surface area (Å²) in [7, 11) is 8.20. The topological polar surface area (TPSA) is 31.2 Å². The minimum absolute atomic E-state index is 0.471. The third-order valence-electron chi connectivity index (χ3n) is 9.10. The van der Waals surface area contributed by atoms with E-state index < -0.39 is 5.41 Å². The predicted octanol–water partition coefficient (Wildman–Crippen LogP) is 9.68. The van der Waals surface area contributed by atoms with Gasteiger partial charge in [0.2, 0.25) is 0 Å². The second-order valence-electron chi connectivity index (χ2n) is 12.4. The van der Waals surface area contributed by atoms with E-state index in [1.807, 2.05) is 40.6 Å². The van der Waals surface area contributed by atoms with Gasteiger partial charge < -0.3 is 9.80 Å². The van der Waals surface area contributed by atoms with Crippen molar-refractivity contribution in [1.82, 2.24) is 0 Å². The summed E-state index contributed by atoms with van der Waals surface area (Å²) < 4.78 is 0. The van der Waals surface area contributed by atoms with Crippen LogP contribution in [0.15, 0.2) is 156 Å². The monoisotopic (exact) mass is 610 g/mol. The van der Waals surface area contributed by atoms with Gasteiger partial charge in [-0.2, -0.15) is 0 Å². The van der Waals surface area contributed by atoms with E-state index in [2.05, 4.69) is 155 Å². The van der Waals surface area contributed by atoms with E-state index in [1.54, 1.807) is 0 Å². The molecule has 1 aliphatic rings. The predicted molar refractivity (Wildman–Crippen MR) is 200 cm³/mol. The first-order valence-electron chi connectivity index (χ1n) is 16.0. The summed E-state index contributed by atoms with van der Waals surface area (Å²) in [6.45, 7) is 0. The zero-order valence-corrected chi connectivity index (χ0v) is 27.3. The van der Waals surface area contributed by atoms with Crippen LogP contribution in [0.1, 0.15) is 33.4 Å². The van der Waals surface area contributed by atoms with Crippen LogP contribution in [0.2, 0.25) is 0 Å². The standard InChI is InChI=1S/C43H38N4/c1-46(2)37-25-13-31(14-26-37)29-44-35-21-17-33(18-22-35)43(41-11-7-5-9-39(41)40-10-6-8-12-42(40)43)34-19-23-36(24-20-34)45-30-32-15-27-38(28-16-32)47(3)4/h5-30H,1-4H3. The lowest BCUT2D eigenvalue weighted by atomic mass is 9.67. The van der Waals surface area contributed by atoms with E-state index >= 15 is 0 Å². The van der Waals surface area contributed by atoms with Crippen LogP contribution in [0.5, 0.6) is 0 Å². The summed E-state index contributed by atoms with van der Waals surface area (Å²) in [6, 6.07) is 52.0. The van der Waals surface area contributed by atoms with Gasteiger partial charge in [0.1, 0.15) is 0 Å². The summed E-state index contributed by atoms with van der Waals surface area (Å²) in [6.07, 6.45) is 3.86. The second kappa shape index (κ2) is 12.6. The number of benzene rings is 6. The van der Waals surface area contributed by atoms with Gasteiger partial charge in [-0.25, -0.2) is 0 Å². The minimum atomic E-state index is -0.471. The molecule has 0 heterocycles. The highest BCUT2D eigenvalue weighted by Crippen LogP contribution is 2.56. The Morgan fingerprint density at radius 1 is 0.426 bits per heavy atom. The average molecular weight is 611 g/mol. The van der Waals surface area contributed by atoms with Crippen LogP contribution in [-0.4, -0.2) is 40.6 Å². The number of anilines is 2. The Hall–Kier alpha value is -5.74. The van der Waals surface area contributed by atoms with E-state index in [0.29, 0.717) is 0 Å². The Kier molecular flexibility index (Phi) is 8.01. The highest BCUT2D eigenvalue weighted by atomic mass is 15.1. The maximum absolute atomic E-state index is 4.82. The van der Waals surface area contributed by atoms with Crippen molar-refractivity contribution < 1.29 is 0 Å². The Morgan fingerprint density at radius 2 is 0.787 bits per heavy atom. The first-order valence-corrected chi connectivity index (χ1v) is 16.0. The van der Waals surface area contributed by atoms with Crippen LogP contribution < -0.4 is 9.80 Å². The molecule has 0 saturated carbocycles. The second-order valence-corrected chi connectivity index (χ2v) is 12.4. The number of hydrogen-bond acceptors (Lipinski definition) is 4. The number of aliphatic imine (C=N–C) groups is 2. The van der Waals surface area contributed by atoms with Crippen molar-refractivity contribution in [2.24, 2.45) is 9.98 Å². The van der Waals surface area contributed by atoms with E-state index in [1.165, 1.54) is 44.8 Å². The van der Waals surface area contributed by atoms with Crippen molar-refractivity contribution in [3.63, 3.8) is 0 Å². The molecule has 0 radical (unpaired) electrons. The van der Waals surface area contributed by atoms with E-state index in [9.17, 15) is 0 Å². The molecule has 0 saturated heterocycles. The number of fused-ring (bicyclic) bond motifs is 3. The van der Waals surface area contributed by atoms with Gasteiger partial charge in [-0.1, -0.05) is 97.1 Å². The summed E-state index contributed by atoms with van der Waals surface area (Å²) in [5, 5.41) is 0. The zero-order chi connectivity index (χ0) is 32.4. The summed E-state index contributed by atoms with van der Waals surface area (Å²) >= 11 is 0. The van der Waals surface area contributed by atoms with Gasteiger partial charge in [-0.3, -0.25) is 9.98 Å². The van der Waals surface area contributed by atoms with Gasteiger partial charge in [0.25, 0.3) is 0 Å². The normalized spacial score (nSPS) is 13.1. The van der Waals surface area contributed by atoms with E-state index in [-0.39, 0.29) is 0 Å². The van der Waals surface area contributed by atoms with Crippen molar-refractivity contribution in [1.29, 1.82) is 0 Å². The molecule has 230 valence electrons. The molecular formula is C43H38N4. The molecule has 4 nitrogen and oxygen atoms in total. The molecule has 0 N–H and O–H groups in total. The Bertz CT molecular complexity index is 1900. The molecular weight excluding hydrogens is 573 g/mol. The molecule has 4 heteroatoms. The molecule has 0 unspecified atom stereocenters. The molecule has 47 heavy (non-hydrogen) atoms. The Morgan fingerprint density at radius 3 is 1.15 bits per heavy atom. The molecule has 0 atom stereocenters. The van der Waals surface area contributed by atoms with Crippen LogP contribution in [-0.2, 0) is 5.41 Å². The fourth-order valence-electron chi connectivity index (χ4n) is 6.63. The Balaban J connectivity index is 1.26. The maximum Gasteiger partial charge on any atom is 0.0713 e. The first-order chi connectivity index (χ1) is 22.9. The van der Waals surface area contributed by atoms with Crippen LogP contribution in [0.4, 0.5) is 22.7 Å². The molecule has 0 aromatic heterocycles. The van der Waals surface area contributed by atoms with Crippen molar-refractivity contribution >= 4 is 35.2 Å². The number of rotatable bonds is 8. The molecule has 0 fully saturated rings. The van der Waals surface area contributed by atoms with Crippen molar-refractivity contribution in [2.75, 3.05) is 38.0 Å². The molecule has 0 aliphatic heterocycles. The van der Waals surface area contributed by atoms with Crippen LogP contribution in [0.25, 0.3) is 11.1 Å². The van der Waals surface area contributed by atoms with Gasteiger partial charge >= 0.3 is 0 Å². The summed E-state index contributed by atoms with van der Waals surface area (Å²) in [5.41, 5.74) is 13.4. The first kappa shape index (κ1) is 29.9. The molecule has 6 aromatic carbocycles. The summed E-state index contributed by atoms with van der Waals surface area (Å²) in [5.74, 6) is 0. The number of hydrogen-bond donors (Lipinski definition) is 0. The van der Waals surface area contributed by atoms with E-state index in [0.717, 1.165) is 22.5 Å². The highest BCUT2D eigenvalue weighted by Gasteiger charge is 2.45. The smallest absolute Gasteiger partial charge is 0.0713 e. The zero-order valence-electron chi connectivity index (χ0n) is 27.3. The third-order valence-corrected chi connectivity index (χ3v) is 9.10. The van der Waals surface area contributed by atoms with Gasteiger partial charge in [0.05, 0.1) is 16.8 Å². The van der Waals surface area contributed by atoms with Gasteiger partial charge in [-0.05, 0) is 93.0 Å². The lowest BCUT2D eigenvalue weighted by Crippen LogP contribution is -2.28. The van der Waals surface area contributed by atoms with Crippen molar-refractivity contribution in [3.8, 4) is 11.1 Å². The van der Waals surface area contributed by atoms with Crippen molar-refractivity contribution in [2.45, 2.75) is 5.41 Å². The summed E-state index contributed by atoms with van der Waals surface area (Å²) in [4.78, 5) is 13.8. The third kappa shape index (κ3) is 5.64. The molecule has 0 amide bonds. The van der Waals surface area contributed by atoms with E-state index in [4.69, 9.17) is 9.98 Å². The fourth-order valence-corrected chi connectivity index (χ4v) is 6.63. The largest absolute Gasteiger partial charge is 0.378 e. The molecule has 6 aromatic rings. The quantitative estimate of drug-likeness (QED) is 0.160. The molecule has 7 rings (SSSR count).